The van der Waals surface area contributed by atoms with Crippen LogP contribution >= 0.6 is 35.0 Å². The molecule has 5 aliphatic rings. The summed E-state index contributed by atoms with van der Waals surface area (Å²) in [7, 11) is 6.11. The number of rotatable bonds is 17. The Kier molecular flexibility index (Phi) is 23.3. The molecule has 3 N–H and O–H groups in total. The summed E-state index contributed by atoms with van der Waals surface area (Å²) in [5.41, 5.74) is -3.58. The third-order valence-corrected chi connectivity index (χ3v) is 20.0. The molecule has 25 heteroatoms. The summed E-state index contributed by atoms with van der Waals surface area (Å²) in [5.74, 6) is -5.36. The molecule has 1 aromatic heterocycles. The van der Waals surface area contributed by atoms with Crippen LogP contribution in [0.4, 0.5) is 10.5 Å². The van der Waals surface area contributed by atoms with Gasteiger partial charge < -0.3 is 77.4 Å². The number of morpholine rings is 1. The van der Waals surface area contributed by atoms with Gasteiger partial charge in [0.1, 0.15) is 29.3 Å². The molecule has 5 fully saturated rings. The molecule has 5 aliphatic heterocycles. The minimum absolute atomic E-state index is 0.0392. The zero-order chi connectivity index (χ0) is 62.5. The summed E-state index contributed by atoms with van der Waals surface area (Å²) in [6.45, 7) is 19.4. The van der Waals surface area contributed by atoms with Gasteiger partial charge in [0.05, 0.1) is 90.2 Å². The summed E-state index contributed by atoms with van der Waals surface area (Å²) < 4.78 is 69.4. The van der Waals surface area contributed by atoms with Gasteiger partial charge in [0.25, 0.3) is 5.91 Å². The first-order valence-electron chi connectivity index (χ1n) is 29.3. The number of likely N-dealkylation sites (N-methyl/N-ethyl adjacent to an activating group) is 1. The van der Waals surface area contributed by atoms with Crippen molar-refractivity contribution in [3.05, 3.63) is 46.2 Å². The van der Waals surface area contributed by atoms with E-state index < -0.39 is 131 Å². The normalized spacial score (nSPS) is 36.8. The van der Waals surface area contributed by atoms with Crippen molar-refractivity contribution in [1.82, 2.24) is 14.8 Å². The molecular weight excluding hydrogens is 1170 g/mol. The molecule has 5 saturated heterocycles. The highest BCUT2D eigenvalue weighted by Gasteiger charge is 2.62. The number of hydrogen-bond donors (Lipinski definition) is 3. The molecule has 1 unspecified atom stereocenters. The molecule has 6 heterocycles. The number of aliphatic hydroxyl groups is 2. The number of amides is 3. The van der Waals surface area contributed by atoms with Gasteiger partial charge in [-0.2, -0.15) is 0 Å². The van der Waals surface area contributed by atoms with E-state index in [4.69, 9.17) is 75.3 Å². The summed E-state index contributed by atoms with van der Waals surface area (Å²) in [5, 5.41) is 25.7. The lowest BCUT2D eigenvalue weighted by atomic mass is 9.70. The van der Waals surface area contributed by atoms with Gasteiger partial charge in [-0.1, -0.05) is 50.9 Å². The Labute approximate surface area is 513 Å². The Morgan fingerprint density at radius 1 is 0.894 bits per heavy atom. The number of thioether (sulfide) groups is 1. The van der Waals surface area contributed by atoms with Crippen LogP contribution in [-0.2, 0) is 57.0 Å². The highest BCUT2D eigenvalue weighted by molar-refractivity contribution is 8.00. The van der Waals surface area contributed by atoms with Crippen LogP contribution in [0.3, 0.4) is 0 Å². The fourth-order valence-electron chi connectivity index (χ4n) is 13.0. The monoisotopic (exact) mass is 1250 g/mol. The largest absolute Gasteiger partial charge is 0.493 e. The Balaban J connectivity index is 1.19. The van der Waals surface area contributed by atoms with E-state index in [9.17, 15) is 24.6 Å². The number of cyclic esters (lactones) is 1. The van der Waals surface area contributed by atoms with E-state index in [0.717, 1.165) is 0 Å². The minimum Gasteiger partial charge on any atom is -0.493 e. The number of pyridine rings is 1. The number of methoxy groups -OCH3 is 3. The summed E-state index contributed by atoms with van der Waals surface area (Å²) in [4.78, 5) is 79.4. The molecule has 0 spiro atoms. The minimum atomic E-state index is -1.50. The molecule has 85 heavy (non-hydrogen) atoms. The second-order valence-electron chi connectivity index (χ2n) is 23.9. The lowest BCUT2D eigenvalue weighted by Crippen LogP contribution is -2.62. The average molecular weight is 1260 g/mol. The molecule has 2 aromatic rings. The number of benzene rings is 1. The number of ketones is 1. The van der Waals surface area contributed by atoms with Crippen LogP contribution in [0.15, 0.2) is 30.6 Å². The second kappa shape index (κ2) is 29.0. The van der Waals surface area contributed by atoms with E-state index >= 15 is 9.59 Å². The van der Waals surface area contributed by atoms with Crippen molar-refractivity contribution in [2.75, 3.05) is 72.4 Å². The maximum atomic E-state index is 15.4. The number of esters is 2. The number of hydrogen-bond acceptors (Lipinski definition) is 20. The van der Waals surface area contributed by atoms with E-state index in [2.05, 4.69) is 10.3 Å². The lowest BCUT2D eigenvalue weighted by Gasteiger charge is -2.50. The van der Waals surface area contributed by atoms with Crippen LogP contribution in [0.1, 0.15) is 112 Å². The number of carbonyl (C=O) groups is 5. The maximum absolute atomic E-state index is 15.4. The van der Waals surface area contributed by atoms with Crippen LogP contribution in [0, 0.1) is 29.6 Å². The number of aromatic nitrogens is 1. The number of ether oxygens (including phenoxy) is 11. The van der Waals surface area contributed by atoms with Gasteiger partial charge in [0.2, 0.25) is 0 Å². The molecule has 476 valence electrons. The Morgan fingerprint density at radius 3 is 2.20 bits per heavy atom. The third-order valence-electron chi connectivity index (χ3n) is 18.0. The predicted octanol–water partition coefficient (Wildman–Crippen LogP) is 7.62. The lowest BCUT2D eigenvalue weighted by molar-refractivity contribution is -0.319. The first-order valence-corrected chi connectivity index (χ1v) is 31.1. The van der Waals surface area contributed by atoms with E-state index in [-0.39, 0.29) is 64.7 Å². The Bertz CT molecular complexity index is 2640. The number of Topliss-reactive ketones (excluding diaryl/α,β-unsaturated/α-hetero) is 1. The summed E-state index contributed by atoms with van der Waals surface area (Å²) in [6.07, 6.45) is -5.66. The van der Waals surface area contributed by atoms with Gasteiger partial charge in [-0.15, -0.1) is 11.8 Å². The van der Waals surface area contributed by atoms with Gasteiger partial charge in [-0.3, -0.25) is 24.2 Å². The van der Waals surface area contributed by atoms with Crippen LogP contribution in [0.25, 0.3) is 0 Å². The van der Waals surface area contributed by atoms with Crippen molar-refractivity contribution < 1.29 is 86.3 Å². The average Bonchev–Trinajstić information content (AvgIpc) is 2.08. The van der Waals surface area contributed by atoms with Crippen LogP contribution in [-0.4, -0.2) is 205 Å². The predicted molar refractivity (Wildman–Crippen MR) is 316 cm³/mol. The van der Waals surface area contributed by atoms with E-state index in [1.54, 1.807) is 72.5 Å². The first kappa shape index (κ1) is 68.4. The van der Waals surface area contributed by atoms with Gasteiger partial charge in [-0.25, -0.2) is 4.79 Å². The number of nitrogens with one attached hydrogen (secondary N) is 1. The maximum Gasteiger partial charge on any atom is 0.320 e. The van der Waals surface area contributed by atoms with Gasteiger partial charge in [0.15, 0.2) is 29.7 Å². The quantitative estimate of drug-likeness (QED) is 0.102. The van der Waals surface area contributed by atoms with Crippen molar-refractivity contribution in [2.45, 2.75) is 185 Å². The second-order valence-corrected chi connectivity index (χ2v) is 26.0. The molecule has 0 radical (unpaired) electrons. The fraction of sp³-hybridized carbons (Fsp3) is 0.733. The SMILES string of the molecule is CC[C@H]1OC(=O)[C@H](C)[C@@H](O[C@H]2C[C@@](C)(OC)[C@@H](O)[C@H](C)O2)[C@H](C)[C@@H](O[C@@H]2O[C@H](C)C[C@H](N(C)C(=O)N3CCOCC3)[C@H]2O)[C@](C)(OC)C[C@@H](C)C(=O)[C@H](C)[C@H]2C(SCCCOc3cc(C(=O)Nc4c(Cl)cncc4Cl)ccc3OC)C(=O)O[C@@]21C. The highest BCUT2D eigenvalue weighted by atomic mass is 35.5. The molecule has 0 bridgehead atoms. The number of aliphatic hydroxyl groups excluding tert-OH is 2. The van der Waals surface area contributed by atoms with Crippen LogP contribution in [0.5, 0.6) is 11.5 Å². The third kappa shape index (κ3) is 15.0. The molecule has 0 aliphatic carbocycles. The van der Waals surface area contributed by atoms with Crippen molar-refractivity contribution >= 4 is 70.3 Å². The van der Waals surface area contributed by atoms with Crippen molar-refractivity contribution in [3.8, 4) is 11.5 Å². The number of carbonyl (C=O) groups excluding carboxylic acids is 5. The van der Waals surface area contributed by atoms with E-state index in [1.807, 2.05) is 20.8 Å². The van der Waals surface area contributed by atoms with Crippen molar-refractivity contribution in [2.24, 2.45) is 29.6 Å². The molecule has 22 nitrogen and oxygen atoms in total. The van der Waals surface area contributed by atoms with E-state index in [0.29, 0.717) is 50.6 Å². The number of nitrogens with zero attached hydrogens (tertiary/aromatic N) is 3. The topological polar surface area (TPSA) is 259 Å². The summed E-state index contributed by atoms with van der Waals surface area (Å²) >= 11 is 13.8. The fourth-order valence-corrected chi connectivity index (χ4v) is 14.9. The Hall–Kier alpha value is -4.11. The van der Waals surface area contributed by atoms with Gasteiger partial charge in [0, 0.05) is 82.4 Å². The highest BCUT2D eigenvalue weighted by Crippen LogP contribution is 2.50. The smallest absolute Gasteiger partial charge is 0.320 e. The standard InChI is InChI=1S/C60H88Cl2N4O18S/c1-15-43-60(10)45(50(55(72)84-60)85-24-16-21-78-42-26-37(17-18-41(42)74-12)53(70)64-46-38(61)29-63-30-39(46)62)33(4)47(67)31(2)27-59(9,76-14)52(83-56-48(68)40(25-32(3)79-56)65(11)57(73)66-19-22-77-23-20-66)34(5)49(35(6)54(71)81-43)82-44-28-58(8,75-13)51(69)36(7)80-44/h17-18,26,29-36,40,43-45,48-52,56,68-69H,15-16,19-25,27-28H2,1-14H3,(H,63,64,70)/t31-,32-,33-,34+,35-,36+,40+,43-,44+,45+,48-,49+,50?,51+,52-,56+,58-,59-,60-/m1/s1. The molecule has 1 aromatic carbocycles. The van der Waals surface area contributed by atoms with Crippen molar-refractivity contribution in [3.63, 3.8) is 0 Å². The summed E-state index contributed by atoms with van der Waals surface area (Å²) in [6, 6.07) is 3.67. The van der Waals surface area contributed by atoms with E-state index in [1.165, 1.54) is 56.5 Å². The van der Waals surface area contributed by atoms with Gasteiger partial charge in [-0.05, 0) is 91.2 Å². The van der Waals surface area contributed by atoms with Gasteiger partial charge >= 0.3 is 18.0 Å². The number of anilines is 1. The van der Waals surface area contributed by atoms with Crippen LogP contribution in [0.2, 0.25) is 10.0 Å². The molecular formula is C60H88Cl2N4O18S. The molecule has 7 rings (SSSR count). The molecule has 3 amide bonds. The number of halogens is 2. The Morgan fingerprint density at radius 2 is 1.56 bits per heavy atom. The van der Waals surface area contributed by atoms with Crippen molar-refractivity contribution in [1.29, 1.82) is 0 Å². The molecule has 0 saturated carbocycles. The van der Waals surface area contributed by atoms with Crippen LogP contribution < -0.4 is 14.8 Å². The molecule has 19 atom stereocenters. The first-order chi connectivity index (χ1) is 40.2. The number of fused-ring (bicyclic) bond motifs is 1. The zero-order valence-electron chi connectivity index (χ0n) is 51.3. The number of urea groups is 1. The zero-order valence-corrected chi connectivity index (χ0v) is 53.7.